The molecule has 0 bridgehead atoms. The molecule has 1 aliphatic rings. The van der Waals surface area contributed by atoms with Crippen LogP contribution in [0, 0.1) is 0 Å². The van der Waals surface area contributed by atoms with Crippen LogP contribution in [0.3, 0.4) is 0 Å². The van der Waals surface area contributed by atoms with Crippen LogP contribution in [0.5, 0.6) is 17.2 Å². The first-order valence-corrected chi connectivity index (χ1v) is 9.81. The largest absolute Gasteiger partial charge is 0.488 e. The molecule has 3 rings (SSSR count). The highest BCUT2D eigenvalue weighted by Crippen LogP contribution is 2.29. The van der Waals surface area contributed by atoms with Crippen LogP contribution in [-0.4, -0.2) is 45.1 Å². The van der Waals surface area contributed by atoms with E-state index in [0.717, 1.165) is 12.7 Å². The zero-order valence-corrected chi connectivity index (χ0v) is 14.9. The summed E-state index contributed by atoms with van der Waals surface area (Å²) in [4.78, 5) is 11.5. The molecule has 0 spiro atoms. The quantitative estimate of drug-likeness (QED) is 0.825. The summed E-state index contributed by atoms with van der Waals surface area (Å²) >= 11 is 0. The van der Waals surface area contributed by atoms with Gasteiger partial charge in [0.15, 0.2) is 9.84 Å². The fraction of sp³-hybridized carbons (Fsp3) is 0.278. The van der Waals surface area contributed by atoms with Gasteiger partial charge in [0.1, 0.15) is 23.4 Å². The molecule has 1 heterocycles. The van der Waals surface area contributed by atoms with Crippen molar-refractivity contribution in [2.24, 2.45) is 0 Å². The van der Waals surface area contributed by atoms with Gasteiger partial charge in [0.2, 0.25) is 0 Å². The van der Waals surface area contributed by atoms with Gasteiger partial charge in [0.05, 0.1) is 23.7 Å². The van der Waals surface area contributed by atoms with Crippen molar-refractivity contribution in [3.8, 4) is 17.2 Å². The van der Waals surface area contributed by atoms with Gasteiger partial charge in [0.25, 0.3) is 0 Å². The molecule has 2 aromatic rings. The molecule has 1 N–H and O–H groups in total. The van der Waals surface area contributed by atoms with E-state index in [1.54, 1.807) is 6.07 Å². The molecule has 1 unspecified atom stereocenters. The van der Waals surface area contributed by atoms with Crippen molar-refractivity contribution in [2.45, 2.75) is 17.4 Å². The number of aromatic carboxylic acids is 1. The van der Waals surface area contributed by atoms with Crippen molar-refractivity contribution in [1.82, 2.24) is 0 Å². The van der Waals surface area contributed by atoms with Gasteiger partial charge in [-0.1, -0.05) is 0 Å². The fourth-order valence-electron chi connectivity index (χ4n) is 2.51. The van der Waals surface area contributed by atoms with E-state index in [1.165, 1.54) is 36.4 Å². The highest BCUT2D eigenvalue weighted by atomic mass is 32.2. The second-order valence-electron chi connectivity index (χ2n) is 5.95. The van der Waals surface area contributed by atoms with Crippen LogP contribution in [0.25, 0.3) is 0 Å². The standard InChI is InChI=1S/C18H18O7S/c1-26(21,22)17-4-2-13(3-5-17)24-15-8-12(18(19)20)9-16(10-15)25-14-6-7-23-11-14/h2-5,8-10,14H,6-7,11H2,1H3,(H,19,20). The average Bonchev–Trinajstić information content (AvgIpc) is 3.07. The summed E-state index contributed by atoms with van der Waals surface area (Å²) in [7, 11) is -3.30. The van der Waals surface area contributed by atoms with Gasteiger partial charge in [-0.25, -0.2) is 13.2 Å². The Morgan fingerprint density at radius 3 is 2.38 bits per heavy atom. The molecular formula is C18H18O7S. The zero-order chi connectivity index (χ0) is 18.7. The van der Waals surface area contributed by atoms with Gasteiger partial charge >= 0.3 is 5.97 Å². The van der Waals surface area contributed by atoms with Crippen LogP contribution in [-0.2, 0) is 14.6 Å². The predicted molar refractivity (Wildman–Crippen MR) is 92.9 cm³/mol. The van der Waals surface area contributed by atoms with E-state index in [4.69, 9.17) is 14.2 Å². The monoisotopic (exact) mass is 378 g/mol. The fourth-order valence-corrected chi connectivity index (χ4v) is 3.14. The smallest absolute Gasteiger partial charge is 0.335 e. The molecule has 0 aromatic heterocycles. The molecule has 0 amide bonds. The summed E-state index contributed by atoms with van der Waals surface area (Å²) in [5, 5.41) is 9.28. The SMILES string of the molecule is CS(=O)(=O)c1ccc(Oc2cc(OC3CCOC3)cc(C(=O)O)c2)cc1. The first kappa shape index (κ1) is 18.2. The average molecular weight is 378 g/mol. The Kier molecular flexibility index (Phi) is 5.15. The lowest BCUT2D eigenvalue weighted by Gasteiger charge is -2.14. The normalized spacial score (nSPS) is 17.0. The summed E-state index contributed by atoms with van der Waals surface area (Å²) in [6.07, 6.45) is 1.73. The molecule has 0 saturated carbocycles. The van der Waals surface area contributed by atoms with Crippen molar-refractivity contribution in [3.63, 3.8) is 0 Å². The highest BCUT2D eigenvalue weighted by Gasteiger charge is 2.19. The molecule has 1 fully saturated rings. The maximum Gasteiger partial charge on any atom is 0.335 e. The molecular weight excluding hydrogens is 360 g/mol. The summed E-state index contributed by atoms with van der Waals surface area (Å²) in [5.74, 6) is -0.0560. The number of benzene rings is 2. The van der Waals surface area contributed by atoms with Gasteiger partial charge < -0.3 is 19.3 Å². The Labute approximate surface area is 151 Å². The predicted octanol–water partition coefficient (Wildman–Crippen LogP) is 2.75. The van der Waals surface area contributed by atoms with Crippen LogP contribution in [0.1, 0.15) is 16.8 Å². The van der Waals surface area contributed by atoms with Crippen LogP contribution in [0.4, 0.5) is 0 Å². The lowest BCUT2D eigenvalue weighted by atomic mass is 10.2. The van der Waals surface area contributed by atoms with Crippen molar-refractivity contribution >= 4 is 15.8 Å². The number of ether oxygens (including phenoxy) is 3. The zero-order valence-electron chi connectivity index (χ0n) is 14.0. The molecule has 2 aromatic carbocycles. The third kappa shape index (κ3) is 4.53. The molecule has 138 valence electrons. The Balaban J connectivity index is 1.83. The van der Waals surface area contributed by atoms with Crippen LogP contribution in [0.2, 0.25) is 0 Å². The Bertz CT molecular complexity index is 898. The van der Waals surface area contributed by atoms with Gasteiger partial charge in [-0.15, -0.1) is 0 Å². The maximum absolute atomic E-state index is 11.5. The first-order chi connectivity index (χ1) is 12.3. The number of hydrogen-bond donors (Lipinski definition) is 1. The molecule has 1 atom stereocenters. The molecule has 8 heteroatoms. The van der Waals surface area contributed by atoms with E-state index >= 15 is 0 Å². The molecule has 7 nitrogen and oxygen atoms in total. The van der Waals surface area contributed by atoms with E-state index in [1.807, 2.05) is 0 Å². The molecule has 0 radical (unpaired) electrons. The van der Waals surface area contributed by atoms with E-state index < -0.39 is 15.8 Å². The number of hydrogen-bond acceptors (Lipinski definition) is 6. The minimum atomic E-state index is -3.30. The lowest BCUT2D eigenvalue weighted by Crippen LogP contribution is -2.16. The van der Waals surface area contributed by atoms with Gasteiger partial charge in [0, 0.05) is 18.7 Å². The third-order valence-corrected chi connectivity index (χ3v) is 4.93. The number of carboxylic acids is 1. The second kappa shape index (κ2) is 7.35. The number of sulfone groups is 1. The van der Waals surface area contributed by atoms with Crippen molar-refractivity contribution < 1.29 is 32.5 Å². The first-order valence-electron chi connectivity index (χ1n) is 7.92. The van der Waals surface area contributed by atoms with Crippen LogP contribution < -0.4 is 9.47 Å². The number of carbonyl (C=O) groups is 1. The summed E-state index contributed by atoms with van der Waals surface area (Å²) in [6.45, 7) is 1.07. The van der Waals surface area contributed by atoms with E-state index in [0.29, 0.717) is 24.7 Å². The van der Waals surface area contributed by atoms with Crippen molar-refractivity contribution in [3.05, 3.63) is 48.0 Å². The minimum Gasteiger partial charge on any atom is -0.488 e. The highest BCUT2D eigenvalue weighted by molar-refractivity contribution is 7.90. The van der Waals surface area contributed by atoms with Crippen molar-refractivity contribution in [1.29, 1.82) is 0 Å². The Morgan fingerprint density at radius 2 is 1.81 bits per heavy atom. The van der Waals surface area contributed by atoms with Gasteiger partial charge in [-0.05, 0) is 36.4 Å². The maximum atomic E-state index is 11.5. The van der Waals surface area contributed by atoms with Crippen LogP contribution >= 0.6 is 0 Å². The third-order valence-electron chi connectivity index (χ3n) is 3.81. The lowest BCUT2D eigenvalue weighted by molar-refractivity contribution is 0.0695. The minimum absolute atomic E-state index is 0.0316. The molecule has 0 aliphatic carbocycles. The number of carboxylic acid groups (broad SMARTS) is 1. The topological polar surface area (TPSA) is 99.1 Å². The summed E-state index contributed by atoms with van der Waals surface area (Å²) < 4.78 is 39.7. The van der Waals surface area contributed by atoms with Crippen LogP contribution in [0.15, 0.2) is 47.4 Å². The molecule has 1 aliphatic heterocycles. The van der Waals surface area contributed by atoms with E-state index in [2.05, 4.69) is 0 Å². The molecule has 26 heavy (non-hydrogen) atoms. The Hall–Kier alpha value is -2.58. The second-order valence-corrected chi connectivity index (χ2v) is 7.96. The van der Waals surface area contributed by atoms with Crippen molar-refractivity contribution in [2.75, 3.05) is 19.5 Å². The van der Waals surface area contributed by atoms with Gasteiger partial charge in [-0.3, -0.25) is 0 Å². The van der Waals surface area contributed by atoms with Gasteiger partial charge in [-0.2, -0.15) is 0 Å². The number of rotatable bonds is 6. The van der Waals surface area contributed by atoms with E-state index in [9.17, 15) is 18.3 Å². The van der Waals surface area contributed by atoms with E-state index in [-0.39, 0.29) is 22.3 Å². The Morgan fingerprint density at radius 1 is 1.12 bits per heavy atom. The summed E-state index contributed by atoms with van der Waals surface area (Å²) in [6, 6.07) is 10.3. The molecule has 1 saturated heterocycles. The summed E-state index contributed by atoms with van der Waals surface area (Å²) in [5.41, 5.74) is 0.0316.